The zero-order valence-corrected chi connectivity index (χ0v) is 11.2. The third-order valence-electron chi connectivity index (χ3n) is 3.31. The van der Waals surface area contributed by atoms with Crippen molar-refractivity contribution < 1.29 is 4.79 Å². The van der Waals surface area contributed by atoms with E-state index in [1.807, 2.05) is 49.1 Å². The number of amides is 1. The molecule has 2 rings (SSSR count). The van der Waals surface area contributed by atoms with Crippen LogP contribution in [0, 0.1) is 11.3 Å². The predicted molar refractivity (Wildman–Crippen MR) is 73.3 cm³/mol. The molecule has 1 amide bonds. The molecule has 1 saturated heterocycles. The highest BCUT2D eigenvalue weighted by molar-refractivity contribution is 7.99. The number of carbonyl (C=O) groups excluding carboxylic acids is 1. The van der Waals surface area contributed by atoms with Crippen molar-refractivity contribution in [2.24, 2.45) is 0 Å². The molecule has 1 aliphatic rings. The molecular formula is C14H16N2OS. The van der Waals surface area contributed by atoms with Crippen LogP contribution >= 0.6 is 11.8 Å². The molecule has 0 spiro atoms. The average Bonchev–Trinajstić information content (AvgIpc) is 2.94. The van der Waals surface area contributed by atoms with E-state index in [1.165, 1.54) is 0 Å². The van der Waals surface area contributed by atoms with E-state index < -0.39 is 5.92 Å². The van der Waals surface area contributed by atoms with Crippen LogP contribution in [0.4, 0.5) is 0 Å². The van der Waals surface area contributed by atoms with Gasteiger partial charge in [0.15, 0.2) is 0 Å². The van der Waals surface area contributed by atoms with E-state index in [-0.39, 0.29) is 11.9 Å². The van der Waals surface area contributed by atoms with Gasteiger partial charge in [0.25, 0.3) is 0 Å². The first-order valence-corrected chi connectivity index (χ1v) is 7.18. The Kier molecular flexibility index (Phi) is 4.27. The van der Waals surface area contributed by atoms with E-state index in [1.54, 1.807) is 4.90 Å². The largest absolute Gasteiger partial charge is 0.340 e. The summed E-state index contributed by atoms with van der Waals surface area (Å²) in [5.74, 6) is 1.32. The lowest BCUT2D eigenvalue weighted by Crippen LogP contribution is -2.39. The molecular weight excluding hydrogens is 244 g/mol. The fourth-order valence-electron chi connectivity index (χ4n) is 2.13. The summed E-state index contributed by atoms with van der Waals surface area (Å²) < 4.78 is 0. The Morgan fingerprint density at radius 1 is 1.50 bits per heavy atom. The number of rotatable bonds is 3. The summed E-state index contributed by atoms with van der Waals surface area (Å²) in [6.07, 6.45) is 1.03. The van der Waals surface area contributed by atoms with Gasteiger partial charge >= 0.3 is 0 Å². The quantitative estimate of drug-likeness (QED) is 0.837. The Bertz CT molecular complexity index is 449. The minimum absolute atomic E-state index is 0.0869. The van der Waals surface area contributed by atoms with Crippen LogP contribution in [0.25, 0.3) is 0 Å². The number of benzene rings is 1. The van der Waals surface area contributed by atoms with E-state index >= 15 is 0 Å². The van der Waals surface area contributed by atoms with Gasteiger partial charge in [-0.05, 0) is 17.7 Å². The fourth-order valence-corrected chi connectivity index (χ4v) is 3.40. The van der Waals surface area contributed by atoms with Crippen molar-refractivity contribution in [2.75, 3.05) is 18.6 Å². The summed E-state index contributed by atoms with van der Waals surface area (Å²) in [5.41, 5.74) is 0.780. The Hall–Kier alpha value is -1.47. The number of carbonyl (C=O) groups is 1. The molecule has 1 aliphatic heterocycles. The first-order chi connectivity index (χ1) is 8.74. The monoisotopic (exact) mass is 260 g/mol. The van der Waals surface area contributed by atoms with E-state index in [0.29, 0.717) is 0 Å². The van der Waals surface area contributed by atoms with Crippen molar-refractivity contribution in [1.29, 1.82) is 5.26 Å². The summed E-state index contributed by atoms with van der Waals surface area (Å²) in [6.45, 7) is 0. The van der Waals surface area contributed by atoms with Crippen LogP contribution in [0.15, 0.2) is 30.3 Å². The van der Waals surface area contributed by atoms with Gasteiger partial charge in [-0.2, -0.15) is 17.0 Å². The molecule has 2 unspecified atom stereocenters. The molecule has 0 N–H and O–H groups in total. The highest BCUT2D eigenvalue weighted by atomic mass is 32.2. The van der Waals surface area contributed by atoms with Gasteiger partial charge in [-0.15, -0.1) is 0 Å². The topological polar surface area (TPSA) is 44.1 Å². The van der Waals surface area contributed by atoms with Gasteiger partial charge in [-0.25, -0.2) is 0 Å². The SMILES string of the molecule is CN(C(=O)C(C#N)c1ccccc1)C1CCSC1. The van der Waals surface area contributed by atoms with Gasteiger partial charge in [-0.1, -0.05) is 30.3 Å². The smallest absolute Gasteiger partial charge is 0.244 e. The van der Waals surface area contributed by atoms with Crippen molar-refractivity contribution in [3.8, 4) is 6.07 Å². The summed E-state index contributed by atoms with van der Waals surface area (Å²) in [4.78, 5) is 14.1. The average molecular weight is 260 g/mol. The van der Waals surface area contributed by atoms with Crippen molar-refractivity contribution in [2.45, 2.75) is 18.4 Å². The lowest BCUT2D eigenvalue weighted by Gasteiger charge is -2.26. The molecule has 1 aromatic rings. The second-order valence-electron chi connectivity index (χ2n) is 4.44. The molecule has 3 nitrogen and oxygen atoms in total. The molecule has 0 aliphatic carbocycles. The first-order valence-electron chi connectivity index (χ1n) is 6.03. The third-order valence-corrected chi connectivity index (χ3v) is 4.45. The summed E-state index contributed by atoms with van der Waals surface area (Å²) in [5, 5.41) is 9.24. The molecule has 4 heteroatoms. The first kappa shape index (κ1) is 13.0. The molecule has 0 bridgehead atoms. The maximum absolute atomic E-state index is 12.4. The number of nitriles is 1. The number of nitrogens with zero attached hydrogens (tertiary/aromatic N) is 2. The highest BCUT2D eigenvalue weighted by Gasteiger charge is 2.29. The molecule has 0 saturated carbocycles. The maximum Gasteiger partial charge on any atom is 0.244 e. The van der Waals surface area contributed by atoms with Crippen molar-refractivity contribution in [1.82, 2.24) is 4.90 Å². The lowest BCUT2D eigenvalue weighted by molar-refractivity contribution is -0.131. The Labute approximate surface area is 112 Å². The normalized spacial score (nSPS) is 20.1. The molecule has 1 aromatic carbocycles. The summed E-state index contributed by atoms with van der Waals surface area (Å²) in [7, 11) is 1.81. The van der Waals surface area contributed by atoms with Crippen molar-refractivity contribution >= 4 is 17.7 Å². The van der Waals surface area contributed by atoms with E-state index in [2.05, 4.69) is 6.07 Å². The van der Waals surface area contributed by atoms with E-state index in [4.69, 9.17) is 0 Å². The number of hydrogen-bond donors (Lipinski definition) is 0. The highest BCUT2D eigenvalue weighted by Crippen LogP contribution is 2.25. The zero-order chi connectivity index (χ0) is 13.0. The van der Waals surface area contributed by atoms with Crippen LogP contribution in [-0.4, -0.2) is 35.4 Å². The number of thioether (sulfide) groups is 1. The van der Waals surface area contributed by atoms with Gasteiger partial charge < -0.3 is 4.90 Å². The van der Waals surface area contributed by atoms with Gasteiger partial charge in [0, 0.05) is 18.8 Å². The Morgan fingerprint density at radius 3 is 2.78 bits per heavy atom. The molecule has 0 radical (unpaired) electrons. The van der Waals surface area contributed by atoms with Crippen LogP contribution in [0.1, 0.15) is 17.9 Å². The van der Waals surface area contributed by atoms with Crippen molar-refractivity contribution in [3.63, 3.8) is 0 Å². The maximum atomic E-state index is 12.4. The second-order valence-corrected chi connectivity index (χ2v) is 5.59. The van der Waals surface area contributed by atoms with E-state index in [9.17, 15) is 10.1 Å². The Balaban J connectivity index is 2.13. The molecule has 2 atom stereocenters. The predicted octanol–water partition coefficient (Wildman–Crippen LogP) is 2.26. The van der Waals surface area contributed by atoms with Crippen LogP contribution in [0.3, 0.4) is 0 Å². The van der Waals surface area contributed by atoms with Crippen LogP contribution in [0.5, 0.6) is 0 Å². The molecule has 18 heavy (non-hydrogen) atoms. The van der Waals surface area contributed by atoms with Gasteiger partial charge in [0.2, 0.25) is 5.91 Å². The summed E-state index contributed by atoms with van der Waals surface area (Å²) >= 11 is 1.87. The molecule has 1 fully saturated rings. The lowest BCUT2D eigenvalue weighted by atomic mass is 9.98. The second kappa shape index (κ2) is 5.92. The minimum atomic E-state index is -0.679. The number of likely N-dealkylation sites (N-methyl/N-ethyl adjacent to an activating group) is 1. The van der Waals surface area contributed by atoms with Crippen LogP contribution in [-0.2, 0) is 4.79 Å². The molecule has 0 aromatic heterocycles. The van der Waals surface area contributed by atoms with Gasteiger partial charge in [-0.3, -0.25) is 4.79 Å². The minimum Gasteiger partial charge on any atom is -0.340 e. The number of hydrogen-bond acceptors (Lipinski definition) is 3. The fraction of sp³-hybridized carbons (Fsp3) is 0.429. The van der Waals surface area contributed by atoms with E-state index in [0.717, 1.165) is 23.5 Å². The van der Waals surface area contributed by atoms with Gasteiger partial charge in [0.05, 0.1) is 6.07 Å². The summed E-state index contributed by atoms with van der Waals surface area (Å²) in [6, 6.07) is 11.7. The van der Waals surface area contributed by atoms with Crippen molar-refractivity contribution in [3.05, 3.63) is 35.9 Å². The van der Waals surface area contributed by atoms with Crippen LogP contribution in [0.2, 0.25) is 0 Å². The van der Waals surface area contributed by atoms with Gasteiger partial charge in [0.1, 0.15) is 5.92 Å². The standard InChI is InChI=1S/C14H16N2OS/c1-16(12-7-8-18-10-12)14(17)13(9-15)11-5-3-2-4-6-11/h2-6,12-13H,7-8,10H2,1H3. The Morgan fingerprint density at radius 2 is 2.22 bits per heavy atom. The zero-order valence-electron chi connectivity index (χ0n) is 10.4. The molecule has 94 valence electrons. The molecule has 1 heterocycles. The van der Waals surface area contributed by atoms with Crippen LogP contribution < -0.4 is 0 Å². The third kappa shape index (κ3) is 2.68.